The molecule has 1 aromatic carbocycles. The molecule has 1 N–H and O–H groups in total. The maximum absolute atomic E-state index is 13.9. The van der Waals surface area contributed by atoms with Crippen molar-refractivity contribution in [1.82, 2.24) is 14.5 Å². The van der Waals surface area contributed by atoms with Crippen LogP contribution in [0.4, 0.5) is 0 Å². The number of rotatable bonds is 6. The largest absolute Gasteiger partial charge is 0.479 e. The van der Waals surface area contributed by atoms with Crippen molar-refractivity contribution in [3.8, 4) is 0 Å². The average Bonchev–Trinajstić information content (AvgIpc) is 3.06. The number of fused-ring (bicyclic) bond motifs is 5. The zero-order chi connectivity index (χ0) is 26.2. The van der Waals surface area contributed by atoms with Gasteiger partial charge in [0.2, 0.25) is 6.61 Å². The highest BCUT2D eigenvalue weighted by molar-refractivity contribution is 5.97. The van der Waals surface area contributed by atoms with Crippen molar-refractivity contribution < 1.29 is 14.7 Å². The van der Waals surface area contributed by atoms with Crippen molar-refractivity contribution in [1.29, 1.82) is 0 Å². The molecule has 8 nitrogen and oxygen atoms in total. The molecule has 8 heteroatoms. The Morgan fingerprint density at radius 2 is 1.63 bits per heavy atom. The Hall–Kier alpha value is -2.74. The molecule has 1 aromatic heterocycles. The first-order valence-corrected chi connectivity index (χ1v) is 14.7. The molecule has 2 aromatic rings. The van der Waals surface area contributed by atoms with Gasteiger partial charge in [-0.25, -0.2) is 9.78 Å². The van der Waals surface area contributed by atoms with E-state index in [0.717, 1.165) is 35.7 Å². The number of hydrogen-bond donors (Lipinski definition) is 1. The molecule has 6 atom stereocenters. The van der Waals surface area contributed by atoms with Crippen molar-refractivity contribution in [2.75, 3.05) is 6.61 Å². The fourth-order valence-electron chi connectivity index (χ4n) is 8.29. The number of carboxylic acid groups (broad SMARTS) is 1. The van der Waals surface area contributed by atoms with E-state index in [1.165, 1.54) is 64.2 Å². The molecule has 2 unspecified atom stereocenters. The zero-order valence-corrected chi connectivity index (χ0v) is 22.4. The Kier molecular flexibility index (Phi) is 7.25. The summed E-state index contributed by atoms with van der Waals surface area (Å²) in [5.41, 5.74) is 1.99. The maximum Gasteiger partial charge on any atom is 0.344 e. The normalized spacial score (nSPS) is 32.1. The minimum atomic E-state index is -1.11. The summed E-state index contributed by atoms with van der Waals surface area (Å²) in [5.74, 6) is 0.695. The van der Waals surface area contributed by atoms with Crippen molar-refractivity contribution in [3.05, 3.63) is 40.3 Å². The summed E-state index contributed by atoms with van der Waals surface area (Å²) in [7, 11) is 0. The minimum Gasteiger partial charge on any atom is -0.479 e. The Morgan fingerprint density at radius 1 is 0.947 bits per heavy atom. The summed E-state index contributed by atoms with van der Waals surface area (Å²) >= 11 is 0. The molecule has 4 aliphatic rings. The average molecular weight is 521 g/mol. The molecule has 0 amide bonds. The summed E-state index contributed by atoms with van der Waals surface area (Å²) in [6.07, 6.45) is 15.5. The number of carbonyl (C=O) groups is 1. The molecule has 204 valence electrons. The third kappa shape index (κ3) is 4.99. The number of para-hydroxylation sites is 2. The van der Waals surface area contributed by atoms with E-state index in [2.05, 4.69) is 15.0 Å². The molecule has 0 spiro atoms. The Labute approximate surface area is 224 Å². The van der Waals surface area contributed by atoms with E-state index in [0.29, 0.717) is 23.8 Å². The van der Waals surface area contributed by atoms with Gasteiger partial charge in [-0.2, -0.15) is 0 Å². The second-order valence-corrected chi connectivity index (χ2v) is 12.2. The fraction of sp³-hybridized carbons (Fsp3) is 0.667. The number of benzene rings is 1. The quantitative estimate of drug-likeness (QED) is 0.419. The Balaban J connectivity index is 1.31. The van der Waals surface area contributed by atoms with Gasteiger partial charge in [0.25, 0.3) is 5.56 Å². The SMILES string of the molecule is CC(=NOCC(=O)O)c1nc2ccccc2n(C2C[C@H]3CCC[C@@H](C2)N3C2C[C@H]3CCCC[C@@H](C2)C3)c1=O. The third-order valence-corrected chi connectivity index (χ3v) is 9.67. The lowest BCUT2D eigenvalue weighted by Gasteiger charge is -2.54. The summed E-state index contributed by atoms with van der Waals surface area (Å²) in [6.45, 7) is 1.11. The standard InChI is InChI=1S/C30H40N4O4/c1-19(32-38-18-28(35)36)29-30(37)34(27-12-5-4-11-26(27)31-29)25-16-22-9-6-10-23(17-25)33(22)24-14-20-7-2-3-8-21(13-20)15-24/h4-5,11-12,20-25H,2-3,6-10,13-18H2,1H3,(H,35,36)/t20-,21+,22-,23+,24?,25?. The molecule has 3 heterocycles. The van der Waals surface area contributed by atoms with Crippen molar-refractivity contribution >= 4 is 22.7 Å². The molecule has 2 saturated carbocycles. The van der Waals surface area contributed by atoms with E-state index in [1.807, 2.05) is 28.8 Å². The Morgan fingerprint density at radius 3 is 2.32 bits per heavy atom. The first kappa shape index (κ1) is 25.5. The molecule has 0 radical (unpaired) electrons. The van der Waals surface area contributed by atoms with Crippen LogP contribution < -0.4 is 5.56 Å². The van der Waals surface area contributed by atoms with E-state index in [1.54, 1.807) is 6.92 Å². The van der Waals surface area contributed by atoms with Gasteiger partial charge >= 0.3 is 5.97 Å². The zero-order valence-electron chi connectivity index (χ0n) is 22.4. The van der Waals surface area contributed by atoms with Gasteiger partial charge in [-0.05, 0) is 75.8 Å². The van der Waals surface area contributed by atoms with E-state index in [4.69, 9.17) is 9.94 Å². The van der Waals surface area contributed by atoms with Crippen LogP contribution in [0.1, 0.15) is 95.7 Å². The van der Waals surface area contributed by atoms with Gasteiger partial charge in [-0.1, -0.05) is 49.4 Å². The van der Waals surface area contributed by atoms with Gasteiger partial charge in [0.15, 0.2) is 5.69 Å². The first-order valence-electron chi connectivity index (χ1n) is 14.7. The highest BCUT2D eigenvalue weighted by atomic mass is 16.6. The molecule has 2 aliphatic carbocycles. The van der Waals surface area contributed by atoms with E-state index >= 15 is 0 Å². The lowest BCUT2D eigenvalue weighted by Crippen LogP contribution is -2.58. The van der Waals surface area contributed by atoms with Crippen LogP contribution in [0.2, 0.25) is 0 Å². The van der Waals surface area contributed by atoms with Crippen molar-refractivity contribution in [3.63, 3.8) is 0 Å². The van der Waals surface area contributed by atoms with Crippen molar-refractivity contribution in [2.24, 2.45) is 17.0 Å². The monoisotopic (exact) mass is 520 g/mol. The van der Waals surface area contributed by atoms with Crippen LogP contribution in [0.25, 0.3) is 11.0 Å². The predicted octanol–water partition coefficient (Wildman–Crippen LogP) is 5.14. The van der Waals surface area contributed by atoms with E-state index < -0.39 is 12.6 Å². The first-order chi connectivity index (χ1) is 18.5. The molecular formula is C30H40N4O4. The molecule has 2 aliphatic heterocycles. The highest BCUT2D eigenvalue weighted by Crippen LogP contribution is 2.46. The molecule has 4 bridgehead atoms. The Bertz CT molecular complexity index is 1240. The van der Waals surface area contributed by atoms with Gasteiger partial charge in [0.05, 0.1) is 11.0 Å². The van der Waals surface area contributed by atoms with Gasteiger partial charge < -0.3 is 14.5 Å². The van der Waals surface area contributed by atoms with Crippen LogP contribution in [-0.2, 0) is 9.63 Å². The minimum absolute atomic E-state index is 0.110. The number of hydrogen-bond acceptors (Lipinski definition) is 6. The number of oxime groups is 1. The van der Waals surface area contributed by atoms with Crippen LogP contribution in [0.3, 0.4) is 0 Å². The van der Waals surface area contributed by atoms with E-state index in [-0.39, 0.29) is 17.3 Å². The number of nitrogens with zero attached hydrogens (tertiary/aromatic N) is 4. The van der Waals surface area contributed by atoms with E-state index in [9.17, 15) is 9.59 Å². The smallest absolute Gasteiger partial charge is 0.344 e. The van der Waals surface area contributed by atoms with Crippen LogP contribution in [0.15, 0.2) is 34.2 Å². The second kappa shape index (κ2) is 10.8. The number of piperidine rings is 2. The predicted molar refractivity (Wildman–Crippen MR) is 146 cm³/mol. The molecule has 6 rings (SSSR count). The molecule has 4 fully saturated rings. The van der Waals surface area contributed by atoms with Crippen LogP contribution >= 0.6 is 0 Å². The van der Waals surface area contributed by atoms with Gasteiger partial charge in [-0.15, -0.1) is 0 Å². The van der Waals surface area contributed by atoms with Gasteiger partial charge in [0.1, 0.15) is 5.71 Å². The molecule has 38 heavy (non-hydrogen) atoms. The third-order valence-electron chi connectivity index (χ3n) is 9.67. The van der Waals surface area contributed by atoms with Gasteiger partial charge in [-0.3, -0.25) is 9.69 Å². The lowest BCUT2D eigenvalue weighted by molar-refractivity contribution is -0.142. The summed E-state index contributed by atoms with van der Waals surface area (Å²) < 4.78 is 1.97. The summed E-state index contributed by atoms with van der Waals surface area (Å²) in [5, 5.41) is 12.8. The number of aliphatic carboxylic acids is 1. The second-order valence-electron chi connectivity index (χ2n) is 12.2. The highest BCUT2D eigenvalue weighted by Gasteiger charge is 2.45. The van der Waals surface area contributed by atoms with Crippen molar-refractivity contribution in [2.45, 2.75) is 108 Å². The molecular weight excluding hydrogens is 480 g/mol. The molecule has 2 saturated heterocycles. The maximum atomic E-state index is 13.9. The fourth-order valence-corrected chi connectivity index (χ4v) is 8.29. The van der Waals surface area contributed by atoms with Crippen LogP contribution in [0, 0.1) is 11.8 Å². The lowest BCUT2D eigenvalue weighted by atomic mass is 9.73. The topological polar surface area (TPSA) is 97.0 Å². The number of carboxylic acids is 1. The summed E-state index contributed by atoms with van der Waals surface area (Å²) in [6, 6.07) is 9.68. The summed E-state index contributed by atoms with van der Waals surface area (Å²) in [4.78, 5) is 37.3. The van der Waals surface area contributed by atoms with Crippen LogP contribution in [-0.4, -0.2) is 56.0 Å². The number of aromatic nitrogens is 2. The van der Waals surface area contributed by atoms with Gasteiger partial charge in [0, 0.05) is 24.2 Å². The van der Waals surface area contributed by atoms with Crippen LogP contribution in [0.5, 0.6) is 0 Å².